The highest BCUT2D eigenvalue weighted by Gasteiger charge is 2.56. The van der Waals surface area contributed by atoms with E-state index in [1.54, 1.807) is 0 Å². The summed E-state index contributed by atoms with van der Waals surface area (Å²) in [5.41, 5.74) is 4.47. The topological polar surface area (TPSA) is 89.2 Å². The van der Waals surface area contributed by atoms with E-state index in [2.05, 4.69) is 9.97 Å². The van der Waals surface area contributed by atoms with Gasteiger partial charge in [0.25, 0.3) is 0 Å². The number of nitrogens with two attached hydrogens (primary N) is 1. The van der Waals surface area contributed by atoms with Crippen LogP contribution in [0.15, 0.2) is 36.7 Å². The summed E-state index contributed by atoms with van der Waals surface area (Å²) in [5, 5.41) is -0.513. The van der Waals surface area contributed by atoms with Gasteiger partial charge >= 0.3 is 18.2 Å². The number of hydrogen-bond donors (Lipinski definition) is 1. The summed E-state index contributed by atoms with van der Waals surface area (Å²) in [6.45, 7) is -0.388. The van der Waals surface area contributed by atoms with Crippen molar-refractivity contribution in [3.63, 3.8) is 0 Å². The average Bonchev–Trinajstić information content (AvgIpc) is 2.89. The number of halogens is 4. The normalized spacial score (nSPS) is 22.5. The van der Waals surface area contributed by atoms with Crippen molar-refractivity contribution in [3.05, 3.63) is 52.8 Å². The molecule has 1 aliphatic heterocycles. The maximum absolute atomic E-state index is 13.2. The predicted octanol–water partition coefficient (Wildman–Crippen LogP) is 2.58. The molecule has 1 aromatic carbocycles. The molecule has 0 radical (unpaired) electrons. The van der Waals surface area contributed by atoms with Gasteiger partial charge in [0.15, 0.2) is 6.04 Å². The Labute approximate surface area is 163 Å². The molecule has 0 aliphatic carbocycles. The van der Waals surface area contributed by atoms with Gasteiger partial charge in [0.2, 0.25) is 5.91 Å². The molecule has 2 unspecified atom stereocenters. The molecule has 2 aromatic rings. The number of amides is 3. The molecule has 2 N–H and O–H groups in total. The number of aromatic nitrogens is 2. The van der Waals surface area contributed by atoms with Crippen molar-refractivity contribution in [2.24, 2.45) is 5.73 Å². The summed E-state index contributed by atoms with van der Waals surface area (Å²) in [4.78, 5) is 34.2. The lowest BCUT2D eigenvalue weighted by Gasteiger charge is -2.28. The number of primary amides is 1. The third kappa shape index (κ3) is 3.29. The molecule has 0 bridgehead atoms. The van der Waals surface area contributed by atoms with Crippen LogP contribution < -0.4 is 10.2 Å². The van der Waals surface area contributed by atoms with Crippen LogP contribution in [0.2, 0.25) is 5.02 Å². The Morgan fingerprint density at radius 1 is 1.32 bits per heavy atom. The van der Waals surface area contributed by atoms with Gasteiger partial charge in [-0.25, -0.2) is 4.79 Å². The van der Waals surface area contributed by atoms with Gasteiger partial charge < -0.3 is 5.73 Å². The summed E-state index contributed by atoms with van der Waals surface area (Å²) in [5.74, 6) is -0.696. The van der Waals surface area contributed by atoms with E-state index in [-0.39, 0.29) is 24.6 Å². The Hall–Kier alpha value is -2.72. The molecule has 1 aliphatic rings. The number of rotatable bonds is 4. The highest BCUT2D eigenvalue weighted by atomic mass is 35.5. The largest absolute Gasteiger partial charge is 0.427 e. The quantitative estimate of drug-likeness (QED) is 0.779. The number of urea groups is 1. The SMILES string of the molecule is CN1C(=O)[N+](Cc2cccc(C(F)(F)F)c2Cl)(c2ncccn2)CC1C(N)=O. The maximum Gasteiger partial charge on any atom is 0.427 e. The van der Waals surface area contributed by atoms with Gasteiger partial charge in [-0.2, -0.15) is 27.6 Å². The Morgan fingerprint density at radius 3 is 2.50 bits per heavy atom. The molecule has 0 spiro atoms. The zero-order valence-electron chi connectivity index (χ0n) is 14.7. The molecule has 28 heavy (non-hydrogen) atoms. The lowest BCUT2D eigenvalue weighted by Crippen LogP contribution is -2.52. The van der Waals surface area contributed by atoms with E-state index in [4.69, 9.17) is 17.3 Å². The van der Waals surface area contributed by atoms with E-state index >= 15 is 0 Å². The molecule has 0 saturated carbocycles. The molecule has 1 fully saturated rings. The number of hydrogen-bond acceptors (Lipinski definition) is 4. The molecule has 2 heterocycles. The molecule has 7 nitrogen and oxygen atoms in total. The molecular formula is C17H16ClF3N5O2+. The minimum absolute atomic E-state index is 0.0385. The monoisotopic (exact) mass is 414 g/mol. The molecular weight excluding hydrogens is 399 g/mol. The number of carbonyl (C=O) groups excluding carboxylic acids is 2. The van der Waals surface area contributed by atoms with Crippen LogP contribution in [-0.4, -0.2) is 46.4 Å². The maximum atomic E-state index is 13.2. The molecule has 1 aromatic heterocycles. The number of carbonyl (C=O) groups is 2. The Kier molecular flexibility index (Phi) is 5.02. The van der Waals surface area contributed by atoms with Crippen molar-refractivity contribution in [1.82, 2.24) is 19.4 Å². The number of benzene rings is 1. The highest BCUT2D eigenvalue weighted by molar-refractivity contribution is 6.32. The Bertz CT molecular complexity index is 925. The smallest absolute Gasteiger partial charge is 0.368 e. The van der Waals surface area contributed by atoms with Crippen molar-refractivity contribution < 1.29 is 22.8 Å². The van der Waals surface area contributed by atoms with E-state index < -0.39 is 39.2 Å². The first-order chi connectivity index (χ1) is 13.1. The lowest BCUT2D eigenvalue weighted by molar-refractivity contribution is -0.137. The van der Waals surface area contributed by atoms with Crippen LogP contribution in [0.1, 0.15) is 11.1 Å². The zero-order chi connectivity index (χ0) is 20.7. The van der Waals surface area contributed by atoms with Gasteiger partial charge in [-0.3, -0.25) is 9.69 Å². The summed E-state index contributed by atoms with van der Waals surface area (Å²) in [6, 6.07) is 3.48. The second-order valence-electron chi connectivity index (χ2n) is 6.45. The van der Waals surface area contributed by atoms with Crippen molar-refractivity contribution in [2.75, 3.05) is 13.6 Å². The fourth-order valence-electron chi connectivity index (χ4n) is 3.31. The fourth-order valence-corrected chi connectivity index (χ4v) is 3.60. The minimum Gasteiger partial charge on any atom is -0.368 e. The number of quaternary nitrogens is 1. The van der Waals surface area contributed by atoms with Gasteiger partial charge in [0.1, 0.15) is 13.1 Å². The van der Waals surface area contributed by atoms with Crippen molar-refractivity contribution in [2.45, 2.75) is 18.8 Å². The second-order valence-corrected chi connectivity index (χ2v) is 6.82. The lowest BCUT2D eigenvalue weighted by atomic mass is 10.1. The second kappa shape index (κ2) is 7.02. The molecule has 148 valence electrons. The number of nitrogens with zero attached hydrogens (tertiary/aromatic N) is 4. The van der Waals surface area contributed by atoms with Crippen LogP contribution in [0.3, 0.4) is 0 Å². The van der Waals surface area contributed by atoms with Crippen LogP contribution in [0.5, 0.6) is 0 Å². The highest BCUT2D eigenvalue weighted by Crippen LogP contribution is 2.39. The summed E-state index contributed by atoms with van der Waals surface area (Å²) in [6.07, 6.45) is -1.84. The average molecular weight is 415 g/mol. The van der Waals surface area contributed by atoms with Crippen LogP contribution in [-0.2, 0) is 17.5 Å². The van der Waals surface area contributed by atoms with Gasteiger partial charge in [-0.1, -0.05) is 23.7 Å². The van der Waals surface area contributed by atoms with E-state index in [1.165, 1.54) is 37.6 Å². The first kappa shape index (κ1) is 20.0. The van der Waals surface area contributed by atoms with Gasteiger partial charge in [0, 0.05) is 25.0 Å². The van der Waals surface area contributed by atoms with Crippen LogP contribution >= 0.6 is 11.6 Å². The van der Waals surface area contributed by atoms with Crippen molar-refractivity contribution in [1.29, 1.82) is 0 Å². The first-order valence-corrected chi connectivity index (χ1v) is 8.51. The third-order valence-corrected chi connectivity index (χ3v) is 5.15. The molecule has 2 atom stereocenters. The molecule has 3 amide bonds. The van der Waals surface area contributed by atoms with Gasteiger partial charge in [-0.15, -0.1) is 0 Å². The van der Waals surface area contributed by atoms with Crippen LogP contribution in [0.25, 0.3) is 0 Å². The summed E-state index contributed by atoms with van der Waals surface area (Å²) >= 11 is 6.02. The zero-order valence-corrected chi connectivity index (χ0v) is 15.4. The van der Waals surface area contributed by atoms with Gasteiger partial charge in [0.05, 0.1) is 10.6 Å². The van der Waals surface area contributed by atoms with Crippen molar-refractivity contribution >= 4 is 29.5 Å². The molecule has 11 heteroatoms. The fraction of sp³-hybridized carbons (Fsp3) is 0.294. The summed E-state index contributed by atoms with van der Waals surface area (Å²) < 4.78 is 39.0. The van der Waals surface area contributed by atoms with Crippen LogP contribution in [0, 0.1) is 0 Å². The standard InChI is InChI=1S/C17H15ClF3N5O2/c1-25-12(14(22)27)9-26(16(25)28,15-23-6-3-7-24-15)8-10-4-2-5-11(13(10)18)17(19,20)21/h2-7,12H,8-9H2,1H3,(H-,22,27)/p+1. The Balaban J connectivity index is 2.14. The van der Waals surface area contributed by atoms with E-state index in [9.17, 15) is 22.8 Å². The summed E-state index contributed by atoms with van der Waals surface area (Å²) in [7, 11) is 1.40. The van der Waals surface area contributed by atoms with E-state index in [1.807, 2.05) is 0 Å². The minimum atomic E-state index is -4.65. The predicted molar refractivity (Wildman–Crippen MR) is 95.0 cm³/mol. The molecule has 1 saturated heterocycles. The third-order valence-electron chi connectivity index (χ3n) is 4.71. The van der Waals surface area contributed by atoms with Gasteiger partial charge in [-0.05, 0) is 12.1 Å². The van der Waals surface area contributed by atoms with Crippen molar-refractivity contribution in [3.8, 4) is 0 Å². The molecule has 3 rings (SSSR count). The number of likely N-dealkylation sites (N-methyl/N-ethyl adjacent to an activating group) is 1. The first-order valence-electron chi connectivity index (χ1n) is 8.14. The van der Waals surface area contributed by atoms with E-state index in [0.29, 0.717) is 0 Å². The van der Waals surface area contributed by atoms with Crippen LogP contribution in [0.4, 0.5) is 23.9 Å². The Morgan fingerprint density at radius 2 is 1.96 bits per heavy atom. The number of alkyl halides is 3. The van der Waals surface area contributed by atoms with E-state index in [0.717, 1.165) is 11.0 Å².